The SMILES string of the molecule is CCS(=O)(=O)c1ccc(Nc2nc(F)nc(Nc3ccc(S(=O)(=O)O)c(/N=N/c4c(NC)ccc5c(O)c(/N=N/c6ccc(S(=O)(=O)CC)cc6O)ccc45)c3)n2)cc1. The molecule has 0 unspecified atom stereocenters. The molecule has 0 atom stereocenters. The van der Waals surface area contributed by atoms with Gasteiger partial charge in [-0.2, -0.15) is 27.8 Å². The van der Waals surface area contributed by atoms with E-state index >= 15 is 0 Å². The predicted molar refractivity (Wildman–Crippen MR) is 216 cm³/mol. The number of hydrogen-bond acceptors (Lipinski definition) is 18. The highest BCUT2D eigenvalue weighted by atomic mass is 32.2. The second kappa shape index (κ2) is 16.7. The molecule has 0 saturated carbocycles. The van der Waals surface area contributed by atoms with Crippen molar-refractivity contribution in [3.8, 4) is 11.5 Å². The first-order valence-corrected chi connectivity index (χ1v) is 21.9. The van der Waals surface area contributed by atoms with E-state index in [1.54, 1.807) is 19.2 Å². The molecule has 0 fully saturated rings. The minimum absolute atomic E-state index is 0.0249. The zero-order chi connectivity index (χ0) is 42.7. The molecule has 0 aliphatic heterocycles. The van der Waals surface area contributed by atoms with Gasteiger partial charge in [0.15, 0.2) is 25.4 Å². The van der Waals surface area contributed by atoms with E-state index in [1.807, 2.05) is 0 Å². The Morgan fingerprint density at radius 3 is 1.81 bits per heavy atom. The number of sulfone groups is 2. The van der Waals surface area contributed by atoms with Crippen molar-refractivity contribution in [2.24, 2.45) is 20.5 Å². The lowest BCUT2D eigenvalue weighted by Gasteiger charge is -2.11. The van der Waals surface area contributed by atoms with Gasteiger partial charge in [0.2, 0.25) is 11.9 Å². The zero-order valence-corrected chi connectivity index (χ0v) is 33.5. The smallest absolute Gasteiger partial charge is 0.315 e. The van der Waals surface area contributed by atoms with Crippen molar-refractivity contribution < 1.29 is 44.4 Å². The van der Waals surface area contributed by atoms with E-state index in [4.69, 9.17) is 0 Å². The summed E-state index contributed by atoms with van der Waals surface area (Å²) in [5, 5.41) is 46.9. The fraction of sp³-hybridized carbons (Fsp3) is 0.139. The van der Waals surface area contributed by atoms with E-state index in [-0.39, 0.29) is 72.8 Å². The van der Waals surface area contributed by atoms with Crippen molar-refractivity contribution in [2.75, 3.05) is 34.5 Å². The Hall–Kier alpha value is -6.69. The number of hydrogen-bond donors (Lipinski definition) is 6. The van der Waals surface area contributed by atoms with Gasteiger partial charge in [-0.25, -0.2) is 16.8 Å². The summed E-state index contributed by atoms with van der Waals surface area (Å²) in [4.78, 5) is 10.7. The lowest BCUT2D eigenvalue weighted by atomic mass is 10.1. The first kappa shape index (κ1) is 41.9. The van der Waals surface area contributed by atoms with Gasteiger partial charge in [0.1, 0.15) is 33.4 Å². The number of rotatable bonds is 14. The van der Waals surface area contributed by atoms with Crippen LogP contribution in [0.2, 0.25) is 0 Å². The van der Waals surface area contributed by atoms with Crippen LogP contribution in [0.15, 0.2) is 120 Å². The van der Waals surface area contributed by atoms with E-state index in [2.05, 4.69) is 51.4 Å². The number of anilines is 5. The molecule has 1 aromatic heterocycles. The summed E-state index contributed by atoms with van der Waals surface area (Å²) in [6, 6.07) is 18.7. The van der Waals surface area contributed by atoms with Gasteiger partial charge < -0.3 is 26.2 Å². The Labute approximate surface area is 336 Å². The van der Waals surface area contributed by atoms with Crippen molar-refractivity contribution in [3.05, 3.63) is 91.0 Å². The summed E-state index contributed by atoms with van der Waals surface area (Å²) in [7, 11) is -10.3. The van der Waals surface area contributed by atoms with Crippen LogP contribution in [0.3, 0.4) is 0 Å². The van der Waals surface area contributed by atoms with Crippen LogP contribution < -0.4 is 16.0 Å². The number of phenolic OH excluding ortho intramolecular Hbond substituents is 2. The largest absolute Gasteiger partial charge is 0.506 e. The van der Waals surface area contributed by atoms with Crippen LogP contribution in [-0.2, 0) is 29.8 Å². The summed E-state index contributed by atoms with van der Waals surface area (Å²) in [5.41, 5.74) is 0.509. The van der Waals surface area contributed by atoms with Gasteiger partial charge in [0.25, 0.3) is 10.1 Å². The van der Waals surface area contributed by atoms with E-state index in [1.165, 1.54) is 74.5 Å². The fourth-order valence-corrected chi connectivity index (χ4v) is 7.82. The number of aromatic nitrogens is 3. The maximum atomic E-state index is 14.5. The highest BCUT2D eigenvalue weighted by Gasteiger charge is 2.19. The minimum Gasteiger partial charge on any atom is -0.506 e. The average Bonchev–Trinajstić information content (AvgIpc) is 3.19. The van der Waals surface area contributed by atoms with Crippen molar-refractivity contribution in [1.82, 2.24) is 15.0 Å². The van der Waals surface area contributed by atoms with Crippen molar-refractivity contribution in [3.63, 3.8) is 0 Å². The molecule has 6 N–H and O–H groups in total. The first-order valence-electron chi connectivity index (χ1n) is 17.2. The standard InChI is InChI=1S/C36H33FN10O9S3/c1-4-57(50,51)22-9-6-20(7-10-22)39-35-41-34(37)42-36(43-35)40-21-8-17-31(59(54,55)56)29(18-21)46-47-32-24-12-16-28(33(49)25(24)13-15-27(32)38-3)45-44-26-14-11-23(19-30(26)48)58(52,53)5-2/h6-19,38,48-49H,4-5H2,1-3H3,(H,54,55,56)(H2,39,40,41,42,43)/b45-44+,47-46+. The van der Waals surface area contributed by atoms with Gasteiger partial charge >= 0.3 is 6.08 Å². The molecule has 6 aromatic rings. The molecular weight excluding hydrogens is 832 g/mol. The van der Waals surface area contributed by atoms with E-state index in [0.717, 1.165) is 12.1 Å². The van der Waals surface area contributed by atoms with Gasteiger partial charge in [-0.3, -0.25) is 4.55 Å². The van der Waals surface area contributed by atoms with Crippen LogP contribution in [0.5, 0.6) is 11.5 Å². The monoisotopic (exact) mass is 864 g/mol. The number of fused-ring (bicyclic) bond motifs is 1. The molecule has 0 radical (unpaired) electrons. The molecule has 0 aliphatic carbocycles. The number of nitrogens with zero attached hydrogens (tertiary/aromatic N) is 7. The van der Waals surface area contributed by atoms with Gasteiger partial charge in [-0.05, 0) is 78.9 Å². The highest BCUT2D eigenvalue weighted by molar-refractivity contribution is 7.91. The Kier molecular flexibility index (Phi) is 11.8. The topological polar surface area (TPSA) is 287 Å². The second-order valence-electron chi connectivity index (χ2n) is 12.3. The summed E-state index contributed by atoms with van der Waals surface area (Å²) in [5.74, 6) is -1.62. The molecule has 6 rings (SSSR count). The van der Waals surface area contributed by atoms with Gasteiger partial charge in [0, 0.05) is 35.3 Å². The van der Waals surface area contributed by atoms with Crippen LogP contribution in [-0.4, -0.2) is 73.5 Å². The number of phenols is 2. The summed E-state index contributed by atoms with van der Waals surface area (Å²) in [6.07, 6.45) is -1.19. The molecule has 23 heteroatoms. The lowest BCUT2D eigenvalue weighted by molar-refractivity contribution is 0.473. The van der Waals surface area contributed by atoms with Crippen LogP contribution in [0.1, 0.15) is 13.8 Å². The molecule has 0 spiro atoms. The molecule has 0 saturated heterocycles. The quantitative estimate of drug-likeness (QED) is 0.0450. The number of nitrogens with one attached hydrogen (secondary N) is 3. The minimum atomic E-state index is -4.86. The predicted octanol–water partition coefficient (Wildman–Crippen LogP) is 7.77. The van der Waals surface area contributed by atoms with Crippen LogP contribution in [0.25, 0.3) is 10.8 Å². The van der Waals surface area contributed by atoms with Crippen molar-refractivity contribution in [1.29, 1.82) is 0 Å². The second-order valence-corrected chi connectivity index (χ2v) is 18.2. The summed E-state index contributed by atoms with van der Waals surface area (Å²) >= 11 is 0. The average molecular weight is 865 g/mol. The van der Waals surface area contributed by atoms with Crippen LogP contribution >= 0.6 is 0 Å². The third-order valence-corrected chi connectivity index (χ3v) is 12.9. The highest BCUT2D eigenvalue weighted by Crippen LogP contribution is 2.44. The molecule has 1 heterocycles. The van der Waals surface area contributed by atoms with Gasteiger partial charge in [0.05, 0.1) is 27.0 Å². The van der Waals surface area contributed by atoms with Crippen LogP contribution in [0, 0.1) is 6.08 Å². The molecule has 5 aromatic carbocycles. The van der Waals surface area contributed by atoms with Crippen LogP contribution in [0.4, 0.5) is 56.1 Å². The van der Waals surface area contributed by atoms with Gasteiger partial charge in [-0.15, -0.1) is 20.5 Å². The van der Waals surface area contributed by atoms with E-state index < -0.39 is 46.5 Å². The molecular formula is C36H33FN10O9S3. The molecule has 0 bridgehead atoms. The third kappa shape index (κ3) is 9.38. The Morgan fingerprint density at radius 1 is 0.627 bits per heavy atom. The zero-order valence-electron chi connectivity index (χ0n) is 31.0. The number of benzene rings is 5. The Bertz CT molecular complexity index is 3010. The number of aromatic hydroxyl groups is 2. The summed E-state index contributed by atoms with van der Waals surface area (Å²) in [6.45, 7) is 2.98. The normalized spacial score (nSPS) is 12.4. The Balaban J connectivity index is 1.30. The number of azo groups is 2. The van der Waals surface area contributed by atoms with E-state index in [0.29, 0.717) is 16.8 Å². The first-order chi connectivity index (χ1) is 27.9. The Morgan fingerprint density at radius 2 is 1.19 bits per heavy atom. The lowest BCUT2D eigenvalue weighted by Crippen LogP contribution is -2.07. The molecule has 0 amide bonds. The summed E-state index contributed by atoms with van der Waals surface area (Å²) < 4.78 is 97.9. The number of halogens is 1. The van der Waals surface area contributed by atoms with Crippen molar-refractivity contribution in [2.45, 2.75) is 28.5 Å². The molecule has 59 heavy (non-hydrogen) atoms. The third-order valence-electron chi connectivity index (χ3n) is 8.55. The van der Waals surface area contributed by atoms with E-state index in [9.17, 15) is 44.4 Å². The van der Waals surface area contributed by atoms with Gasteiger partial charge in [-0.1, -0.05) is 13.8 Å². The fourth-order valence-electron chi connectivity index (χ4n) is 5.44. The molecule has 0 aliphatic rings. The maximum absolute atomic E-state index is 14.5. The maximum Gasteiger partial charge on any atom is 0.315 e. The van der Waals surface area contributed by atoms with Crippen molar-refractivity contribution >= 4 is 92.3 Å². The molecule has 19 nitrogen and oxygen atoms in total. The molecule has 306 valence electrons.